The first kappa shape index (κ1) is 15.1. The third-order valence-corrected chi connectivity index (χ3v) is 4.76. The van der Waals surface area contributed by atoms with Crippen LogP contribution in [0, 0.1) is 0 Å². The van der Waals surface area contributed by atoms with Crippen molar-refractivity contribution in [3.8, 4) is 0 Å². The highest BCUT2D eigenvalue weighted by atomic mass is 79.9. The minimum Gasteiger partial charge on any atom is -0.340 e. The fourth-order valence-corrected chi connectivity index (χ4v) is 3.23. The first-order valence-electron chi connectivity index (χ1n) is 7.83. The molecule has 0 saturated carbocycles. The highest BCUT2D eigenvalue weighted by Gasteiger charge is 2.23. The fourth-order valence-electron chi connectivity index (χ4n) is 2.96. The number of allylic oxidation sites excluding steroid dienone is 1. The number of carbonyl (C=O) groups is 1. The van der Waals surface area contributed by atoms with Crippen molar-refractivity contribution in [3.63, 3.8) is 0 Å². The molecule has 3 aromatic rings. The number of hydrogen-bond donors (Lipinski definition) is 0. The number of ketones is 1. The second kappa shape index (κ2) is 6.21. The second-order valence-corrected chi connectivity index (χ2v) is 6.87. The predicted molar refractivity (Wildman–Crippen MR) is 96.6 cm³/mol. The van der Waals surface area contributed by atoms with Crippen LogP contribution >= 0.6 is 15.9 Å². The molecule has 0 radical (unpaired) electrons. The predicted octanol–water partition coefficient (Wildman–Crippen LogP) is 3.87. The van der Waals surface area contributed by atoms with Crippen molar-refractivity contribution in [1.82, 2.24) is 4.57 Å². The number of fused-ring (bicyclic) bond motifs is 1. The number of nitrogens with zero attached hydrogens (tertiary/aromatic N) is 2. The standard InChI is InChI=1S/C20H16BrN2O/c21-18-5-3-16(4-6-18)13-22-10-7-15(8-11-22)12-17-14-23-9-1-2-19(23)20(17)24/h1-12H,13-14H2/q+1/b17-12-. The van der Waals surface area contributed by atoms with E-state index in [1.807, 2.05) is 53.5 Å². The van der Waals surface area contributed by atoms with Crippen LogP contribution in [-0.2, 0) is 13.1 Å². The zero-order valence-electron chi connectivity index (χ0n) is 13.0. The summed E-state index contributed by atoms with van der Waals surface area (Å²) >= 11 is 3.45. The van der Waals surface area contributed by atoms with Crippen LogP contribution in [0.3, 0.4) is 0 Å². The van der Waals surface area contributed by atoms with Crippen molar-refractivity contribution in [2.24, 2.45) is 0 Å². The lowest BCUT2D eigenvalue weighted by Gasteiger charge is -2.00. The van der Waals surface area contributed by atoms with E-state index in [4.69, 9.17) is 0 Å². The Labute approximate surface area is 149 Å². The first-order valence-corrected chi connectivity index (χ1v) is 8.62. The minimum atomic E-state index is 0.131. The topological polar surface area (TPSA) is 25.9 Å². The van der Waals surface area contributed by atoms with Gasteiger partial charge in [0.25, 0.3) is 0 Å². The van der Waals surface area contributed by atoms with Gasteiger partial charge in [0.1, 0.15) is 0 Å². The Morgan fingerprint density at radius 3 is 2.54 bits per heavy atom. The van der Waals surface area contributed by atoms with Crippen LogP contribution in [0.4, 0.5) is 0 Å². The summed E-state index contributed by atoms with van der Waals surface area (Å²) in [5, 5.41) is 0. The van der Waals surface area contributed by atoms with E-state index in [0.29, 0.717) is 6.54 Å². The van der Waals surface area contributed by atoms with E-state index in [2.05, 4.69) is 44.8 Å². The third kappa shape index (κ3) is 2.97. The van der Waals surface area contributed by atoms with Gasteiger partial charge in [-0.1, -0.05) is 28.1 Å². The Hall–Kier alpha value is -2.46. The van der Waals surface area contributed by atoms with Crippen molar-refractivity contribution in [2.75, 3.05) is 0 Å². The van der Waals surface area contributed by atoms with E-state index >= 15 is 0 Å². The van der Waals surface area contributed by atoms with Crippen LogP contribution in [0.15, 0.2) is 77.2 Å². The number of halogens is 1. The number of Topliss-reactive ketones (excluding diaryl/α,β-unsaturated/α-hetero) is 1. The molecule has 24 heavy (non-hydrogen) atoms. The quantitative estimate of drug-likeness (QED) is 0.501. The summed E-state index contributed by atoms with van der Waals surface area (Å²) in [6.45, 7) is 1.49. The SMILES string of the molecule is O=C1/C(=C\c2cc[n+](Cc3ccc(Br)cc3)cc2)Cn2cccc21. The summed E-state index contributed by atoms with van der Waals surface area (Å²) in [5.41, 5.74) is 3.93. The zero-order valence-corrected chi connectivity index (χ0v) is 14.6. The van der Waals surface area contributed by atoms with Gasteiger partial charge in [0.2, 0.25) is 5.78 Å². The van der Waals surface area contributed by atoms with E-state index < -0.39 is 0 Å². The monoisotopic (exact) mass is 379 g/mol. The lowest BCUT2D eigenvalue weighted by molar-refractivity contribution is -0.688. The maximum absolute atomic E-state index is 12.3. The van der Waals surface area contributed by atoms with Crippen molar-refractivity contribution >= 4 is 27.8 Å². The molecule has 4 heteroatoms. The molecule has 3 heterocycles. The van der Waals surface area contributed by atoms with E-state index in [9.17, 15) is 4.79 Å². The smallest absolute Gasteiger partial charge is 0.207 e. The summed E-state index contributed by atoms with van der Waals surface area (Å²) < 4.78 is 5.21. The zero-order chi connectivity index (χ0) is 16.5. The molecular weight excluding hydrogens is 364 g/mol. The first-order chi connectivity index (χ1) is 11.7. The van der Waals surface area contributed by atoms with Crippen LogP contribution in [0.1, 0.15) is 21.6 Å². The number of aromatic nitrogens is 2. The van der Waals surface area contributed by atoms with Crippen LogP contribution < -0.4 is 4.57 Å². The maximum Gasteiger partial charge on any atom is 0.207 e. The van der Waals surface area contributed by atoms with Crippen LogP contribution in [0.25, 0.3) is 6.08 Å². The van der Waals surface area contributed by atoms with Crippen molar-refractivity contribution in [3.05, 3.63) is 94.0 Å². The molecule has 1 aromatic carbocycles. The maximum atomic E-state index is 12.3. The van der Waals surface area contributed by atoms with Gasteiger partial charge in [0, 0.05) is 33.9 Å². The number of rotatable bonds is 3. The summed E-state index contributed by atoms with van der Waals surface area (Å²) in [5.74, 6) is 0.131. The number of carbonyl (C=O) groups excluding carboxylic acids is 1. The lowest BCUT2D eigenvalue weighted by atomic mass is 10.1. The largest absolute Gasteiger partial charge is 0.340 e. The molecule has 1 aliphatic heterocycles. The molecule has 3 nitrogen and oxygen atoms in total. The summed E-state index contributed by atoms with van der Waals surface area (Å²) in [4.78, 5) is 12.3. The lowest BCUT2D eigenvalue weighted by Crippen LogP contribution is -2.33. The van der Waals surface area contributed by atoms with Gasteiger partial charge in [-0.15, -0.1) is 0 Å². The van der Waals surface area contributed by atoms with Gasteiger partial charge in [-0.2, -0.15) is 0 Å². The van der Waals surface area contributed by atoms with Gasteiger partial charge >= 0.3 is 0 Å². The molecule has 0 saturated heterocycles. The Kier molecular flexibility index (Phi) is 3.90. The average Bonchev–Trinajstić information content (AvgIpc) is 3.15. The number of hydrogen-bond acceptors (Lipinski definition) is 1. The fraction of sp³-hybridized carbons (Fsp3) is 0.100. The Bertz CT molecular complexity index is 921. The molecule has 0 amide bonds. The average molecular weight is 380 g/mol. The van der Waals surface area contributed by atoms with E-state index in [1.54, 1.807) is 0 Å². The molecule has 4 rings (SSSR count). The molecule has 0 bridgehead atoms. The molecule has 0 atom stereocenters. The van der Waals surface area contributed by atoms with Gasteiger partial charge in [0.05, 0.1) is 12.2 Å². The Balaban J connectivity index is 1.50. The van der Waals surface area contributed by atoms with Crippen molar-refractivity contribution < 1.29 is 9.36 Å². The summed E-state index contributed by atoms with van der Waals surface area (Å²) in [6, 6.07) is 16.2. The molecule has 0 aliphatic carbocycles. The highest BCUT2D eigenvalue weighted by Crippen LogP contribution is 2.22. The van der Waals surface area contributed by atoms with Crippen LogP contribution in [0.2, 0.25) is 0 Å². The minimum absolute atomic E-state index is 0.131. The highest BCUT2D eigenvalue weighted by molar-refractivity contribution is 9.10. The van der Waals surface area contributed by atoms with Crippen molar-refractivity contribution in [2.45, 2.75) is 13.1 Å². The van der Waals surface area contributed by atoms with Gasteiger partial charge < -0.3 is 4.57 Å². The molecule has 0 fully saturated rings. The molecule has 1 aliphatic rings. The van der Waals surface area contributed by atoms with E-state index in [-0.39, 0.29) is 5.78 Å². The van der Waals surface area contributed by atoms with E-state index in [1.165, 1.54) is 5.56 Å². The van der Waals surface area contributed by atoms with Gasteiger partial charge in [-0.05, 0) is 35.9 Å². The molecule has 0 unspecified atom stereocenters. The third-order valence-electron chi connectivity index (χ3n) is 4.23. The van der Waals surface area contributed by atoms with Gasteiger partial charge in [0.15, 0.2) is 18.9 Å². The van der Waals surface area contributed by atoms with Crippen molar-refractivity contribution in [1.29, 1.82) is 0 Å². The summed E-state index contributed by atoms with van der Waals surface area (Å²) in [7, 11) is 0. The van der Waals surface area contributed by atoms with Gasteiger partial charge in [-0.3, -0.25) is 4.79 Å². The van der Waals surface area contributed by atoms with Crippen LogP contribution in [0.5, 0.6) is 0 Å². The molecule has 0 spiro atoms. The van der Waals surface area contributed by atoms with E-state index in [0.717, 1.165) is 27.8 Å². The normalized spacial score (nSPS) is 15.0. The Morgan fingerprint density at radius 2 is 1.83 bits per heavy atom. The Morgan fingerprint density at radius 1 is 1.08 bits per heavy atom. The molecular formula is C20H16BrN2O+. The molecule has 118 valence electrons. The van der Waals surface area contributed by atoms with Gasteiger partial charge in [-0.25, -0.2) is 4.57 Å². The van der Waals surface area contributed by atoms with Crippen LogP contribution in [-0.4, -0.2) is 10.4 Å². The number of benzene rings is 1. The number of pyridine rings is 1. The molecule has 2 aromatic heterocycles. The second-order valence-electron chi connectivity index (χ2n) is 5.95. The molecule has 0 N–H and O–H groups in total. The summed E-state index contributed by atoms with van der Waals surface area (Å²) in [6.07, 6.45) is 8.03.